The van der Waals surface area contributed by atoms with E-state index in [9.17, 15) is 9.59 Å². The zero-order valence-electron chi connectivity index (χ0n) is 13.4. The summed E-state index contributed by atoms with van der Waals surface area (Å²) in [6.45, 7) is 5.63. The molecule has 1 unspecified atom stereocenters. The Hall–Kier alpha value is -1.50. The first-order valence-electron chi connectivity index (χ1n) is 7.30. The number of carbonyl (C=O) groups excluding carboxylic acids is 1. The molecule has 1 aromatic carbocycles. The van der Waals surface area contributed by atoms with Crippen LogP contribution in [0.4, 0.5) is 5.69 Å². The first-order valence-corrected chi connectivity index (χ1v) is 8.93. The fraction of sp³-hybridized carbons (Fsp3) is 0.312. The number of aromatic nitrogens is 2. The maximum Gasteiger partial charge on any atom is 0.251 e. The SMILES string of the molecule is CC(Sc1nc(C(C)C)cc(=O)[nH]1)C(=O)Nc1cc(Cl)ccc1Cl. The van der Waals surface area contributed by atoms with Gasteiger partial charge in [-0.2, -0.15) is 0 Å². The number of halogens is 2. The number of amides is 1. The second kappa shape index (κ2) is 8.05. The number of aromatic amines is 1. The van der Waals surface area contributed by atoms with Crippen LogP contribution in [0.1, 0.15) is 32.4 Å². The minimum absolute atomic E-state index is 0.126. The summed E-state index contributed by atoms with van der Waals surface area (Å²) >= 11 is 13.1. The maximum absolute atomic E-state index is 12.3. The number of rotatable bonds is 5. The van der Waals surface area contributed by atoms with Gasteiger partial charge in [0.15, 0.2) is 5.16 Å². The van der Waals surface area contributed by atoms with Crippen molar-refractivity contribution in [2.75, 3.05) is 5.32 Å². The molecule has 0 fully saturated rings. The Balaban J connectivity index is 2.12. The van der Waals surface area contributed by atoms with Crippen LogP contribution < -0.4 is 10.9 Å². The lowest BCUT2D eigenvalue weighted by Crippen LogP contribution is -2.23. The molecule has 5 nitrogen and oxygen atoms in total. The van der Waals surface area contributed by atoms with Crippen LogP contribution in [0.5, 0.6) is 0 Å². The zero-order valence-corrected chi connectivity index (χ0v) is 15.7. The Morgan fingerprint density at radius 2 is 1.96 bits per heavy atom. The van der Waals surface area contributed by atoms with E-state index < -0.39 is 5.25 Å². The summed E-state index contributed by atoms with van der Waals surface area (Å²) in [7, 11) is 0. The summed E-state index contributed by atoms with van der Waals surface area (Å²) < 4.78 is 0. The lowest BCUT2D eigenvalue weighted by Gasteiger charge is -2.13. The molecule has 2 rings (SSSR count). The van der Waals surface area contributed by atoms with Crippen LogP contribution in [0.15, 0.2) is 34.2 Å². The molecule has 128 valence electrons. The van der Waals surface area contributed by atoms with Crippen molar-refractivity contribution in [3.05, 3.63) is 50.4 Å². The molecule has 1 aromatic heterocycles. The highest BCUT2D eigenvalue weighted by molar-refractivity contribution is 8.00. The second-order valence-corrected chi connectivity index (χ2v) is 7.68. The van der Waals surface area contributed by atoms with Crippen molar-refractivity contribution in [3.8, 4) is 0 Å². The Morgan fingerprint density at radius 1 is 1.25 bits per heavy atom. The van der Waals surface area contributed by atoms with E-state index in [1.54, 1.807) is 25.1 Å². The molecular formula is C16H17Cl2N3O2S. The third kappa shape index (κ3) is 5.00. The van der Waals surface area contributed by atoms with Crippen molar-refractivity contribution in [3.63, 3.8) is 0 Å². The van der Waals surface area contributed by atoms with Crippen molar-refractivity contribution in [2.24, 2.45) is 0 Å². The summed E-state index contributed by atoms with van der Waals surface area (Å²) in [5.41, 5.74) is 0.896. The van der Waals surface area contributed by atoms with E-state index in [4.69, 9.17) is 23.2 Å². The van der Waals surface area contributed by atoms with Gasteiger partial charge in [-0.1, -0.05) is 48.8 Å². The van der Waals surface area contributed by atoms with Crippen molar-refractivity contribution in [1.29, 1.82) is 0 Å². The van der Waals surface area contributed by atoms with Crippen LogP contribution in [0.3, 0.4) is 0 Å². The van der Waals surface area contributed by atoms with E-state index in [1.165, 1.54) is 17.8 Å². The molecule has 1 atom stereocenters. The molecular weight excluding hydrogens is 369 g/mol. The average Bonchev–Trinajstić information content (AvgIpc) is 2.50. The standard InChI is InChI=1S/C16H17Cl2N3O2S/c1-8(2)12-7-14(22)21-16(20-12)24-9(3)15(23)19-13-6-10(17)4-5-11(13)18/h4-9H,1-3H3,(H,19,23)(H,20,21,22). The number of hydrogen-bond donors (Lipinski definition) is 2. The lowest BCUT2D eigenvalue weighted by atomic mass is 10.1. The number of nitrogens with zero attached hydrogens (tertiary/aromatic N) is 1. The van der Waals surface area contributed by atoms with Gasteiger partial charge in [0.2, 0.25) is 5.91 Å². The van der Waals surface area contributed by atoms with Gasteiger partial charge >= 0.3 is 0 Å². The van der Waals surface area contributed by atoms with Crippen LogP contribution in [0.25, 0.3) is 0 Å². The lowest BCUT2D eigenvalue weighted by molar-refractivity contribution is -0.115. The van der Waals surface area contributed by atoms with Crippen LogP contribution >= 0.6 is 35.0 Å². The number of nitrogens with one attached hydrogen (secondary N) is 2. The monoisotopic (exact) mass is 385 g/mol. The summed E-state index contributed by atoms with van der Waals surface area (Å²) in [6, 6.07) is 6.30. The van der Waals surface area contributed by atoms with Gasteiger partial charge in [-0.15, -0.1) is 0 Å². The van der Waals surface area contributed by atoms with Crippen LogP contribution in [0.2, 0.25) is 10.0 Å². The van der Waals surface area contributed by atoms with Gasteiger partial charge in [-0.3, -0.25) is 9.59 Å². The predicted molar refractivity (Wildman–Crippen MR) is 99.4 cm³/mol. The molecule has 0 radical (unpaired) electrons. The number of hydrogen-bond acceptors (Lipinski definition) is 4. The molecule has 2 N–H and O–H groups in total. The quantitative estimate of drug-likeness (QED) is 0.593. The third-order valence-electron chi connectivity index (χ3n) is 3.18. The molecule has 1 amide bonds. The van der Waals surface area contributed by atoms with Crippen molar-refractivity contribution < 1.29 is 4.79 Å². The first-order chi connectivity index (χ1) is 11.3. The summed E-state index contributed by atoms with van der Waals surface area (Å²) in [5.74, 6) is -0.136. The molecule has 0 aliphatic heterocycles. The summed E-state index contributed by atoms with van der Waals surface area (Å²) in [4.78, 5) is 31.0. The number of benzene rings is 1. The van der Waals surface area contributed by atoms with Gasteiger partial charge in [0, 0.05) is 11.1 Å². The fourth-order valence-corrected chi connectivity index (χ4v) is 3.01. The zero-order chi connectivity index (χ0) is 17.9. The van der Waals surface area contributed by atoms with E-state index in [-0.39, 0.29) is 17.4 Å². The van der Waals surface area contributed by atoms with Crippen molar-refractivity contribution >= 4 is 46.6 Å². The molecule has 0 aliphatic rings. The van der Waals surface area contributed by atoms with Gasteiger partial charge in [0.1, 0.15) is 0 Å². The molecule has 0 bridgehead atoms. The van der Waals surface area contributed by atoms with E-state index >= 15 is 0 Å². The summed E-state index contributed by atoms with van der Waals surface area (Å²) in [6.07, 6.45) is 0. The number of thioether (sulfide) groups is 1. The number of anilines is 1. The van der Waals surface area contributed by atoms with E-state index in [0.717, 1.165) is 0 Å². The molecule has 0 saturated heterocycles. The highest BCUT2D eigenvalue weighted by Crippen LogP contribution is 2.27. The van der Waals surface area contributed by atoms with E-state index in [1.807, 2.05) is 13.8 Å². The molecule has 8 heteroatoms. The van der Waals surface area contributed by atoms with Crippen LogP contribution in [0, 0.1) is 0 Å². The van der Waals surface area contributed by atoms with Crippen LogP contribution in [-0.4, -0.2) is 21.1 Å². The predicted octanol–water partition coefficient (Wildman–Crippen LogP) is 4.32. The third-order valence-corrected chi connectivity index (χ3v) is 4.72. The molecule has 1 heterocycles. The normalized spacial score (nSPS) is 12.2. The number of carbonyl (C=O) groups is 1. The Labute approximate surface area is 154 Å². The topological polar surface area (TPSA) is 74.8 Å². The van der Waals surface area contributed by atoms with E-state index in [0.29, 0.717) is 26.6 Å². The van der Waals surface area contributed by atoms with Gasteiger partial charge in [-0.05, 0) is 31.0 Å². The first kappa shape index (κ1) is 18.8. The summed E-state index contributed by atoms with van der Waals surface area (Å²) in [5, 5.41) is 3.53. The largest absolute Gasteiger partial charge is 0.324 e. The molecule has 0 spiro atoms. The molecule has 2 aromatic rings. The van der Waals surface area contributed by atoms with Gasteiger partial charge in [0.25, 0.3) is 5.56 Å². The minimum Gasteiger partial charge on any atom is -0.324 e. The highest BCUT2D eigenvalue weighted by Gasteiger charge is 2.18. The maximum atomic E-state index is 12.3. The minimum atomic E-state index is -0.481. The van der Waals surface area contributed by atoms with Gasteiger partial charge in [-0.25, -0.2) is 4.98 Å². The molecule has 0 aliphatic carbocycles. The van der Waals surface area contributed by atoms with Crippen LogP contribution in [-0.2, 0) is 4.79 Å². The van der Waals surface area contributed by atoms with Crippen molar-refractivity contribution in [2.45, 2.75) is 37.1 Å². The van der Waals surface area contributed by atoms with Gasteiger partial charge in [0.05, 0.1) is 21.7 Å². The van der Waals surface area contributed by atoms with E-state index in [2.05, 4.69) is 15.3 Å². The second-order valence-electron chi connectivity index (χ2n) is 5.50. The molecule has 24 heavy (non-hydrogen) atoms. The highest BCUT2D eigenvalue weighted by atomic mass is 35.5. The van der Waals surface area contributed by atoms with Crippen molar-refractivity contribution in [1.82, 2.24) is 9.97 Å². The van der Waals surface area contributed by atoms with Gasteiger partial charge < -0.3 is 10.3 Å². The Bertz CT molecular complexity index is 808. The Morgan fingerprint density at radius 3 is 2.62 bits per heavy atom. The fourth-order valence-electron chi connectivity index (χ4n) is 1.85. The molecule has 0 saturated carbocycles. The Kier molecular flexibility index (Phi) is 6.32. The average molecular weight is 386 g/mol. The number of H-pyrrole nitrogens is 1. The smallest absolute Gasteiger partial charge is 0.251 e.